The molecule has 0 amide bonds. The van der Waals surface area contributed by atoms with Crippen LogP contribution < -0.4 is 5.32 Å². The standard InChI is InChI=1S/C14H25NO4/c1-12(2)15-10-14-13(4-5-19-14)11-18-9-8-17-7-6-16-3/h4-5,12,15H,6-11H2,1-3H3. The Labute approximate surface area is 115 Å². The third-order valence-electron chi connectivity index (χ3n) is 2.57. The molecule has 1 aromatic rings. The second-order valence-corrected chi connectivity index (χ2v) is 4.56. The summed E-state index contributed by atoms with van der Waals surface area (Å²) in [5, 5.41) is 3.33. The van der Waals surface area contributed by atoms with E-state index in [1.807, 2.05) is 6.07 Å². The van der Waals surface area contributed by atoms with E-state index in [1.54, 1.807) is 13.4 Å². The monoisotopic (exact) mass is 271 g/mol. The highest BCUT2D eigenvalue weighted by Crippen LogP contribution is 2.11. The second kappa shape index (κ2) is 9.97. The van der Waals surface area contributed by atoms with Crippen molar-refractivity contribution in [1.82, 2.24) is 5.32 Å². The zero-order valence-electron chi connectivity index (χ0n) is 12.1. The van der Waals surface area contributed by atoms with Gasteiger partial charge in [-0.05, 0) is 6.07 Å². The van der Waals surface area contributed by atoms with Crippen LogP contribution in [0.25, 0.3) is 0 Å². The molecule has 5 nitrogen and oxygen atoms in total. The van der Waals surface area contributed by atoms with Gasteiger partial charge in [0.2, 0.25) is 0 Å². The Morgan fingerprint density at radius 1 is 1.16 bits per heavy atom. The van der Waals surface area contributed by atoms with E-state index in [0.717, 1.165) is 17.9 Å². The zero-order chi connectivity index (χ0) is 13.9. The minimum Gasteiger partial charge on any atom is -0.468 e. The summed E-state index contributed by atoms with van der Waals surface area (Å²) in [6.07, 6.45) is 1.70. The van der Waals surface area contributed by atoms with Crippen molar-refractivity contribution >= 4 is 0 Å². The highest BCUT2D eigenvalue weighted by Gasteiger charge is 2.06. The minimum atomic E-state index is 0.438. The Kier molecular flexibility index (Phi) is 8.49. The molecule has 0 aliphatic heterocycles. The topological polar surface area (TPSA) is 52.9 Å². The fourth-order valence-electron chi connectivity index (χ4n) is 1.49. The van der Waals surface area contributed by atoms with Gasteiger partial charge in [-0.15, -0.1) is 0 Å². The lowest BCUT2D eigenvalue weighted by Gasteiger charge is -2.08. The largest absolute Gasteiger partial charge is 0.468 e. The lowest BCUT2D eigenvalue weighted by atomic mass is 10.2. The van der Waals surface area contributed by atoms with Gasteiger partial charge in [0, 0.05) is 18.7 Å². The highest BCUT2D eigenvalue weighted by atomic mass is 16.5. The first kappa shape index (κ1) is 16.2. The van der Waals surface area contributed by atoms with E-state index >= 15 is 0 Å². The lowest BCUT2D eigenvalue weighted by Crippen LogP contribution is -2.22. The molecule has 1 heterocycles. The first-order valence-corrected chi connectivity index (χ1v) is 6.67. The first-order chi connectivity index (χ1) is 9.24. The Balaban J connectivity index is 2.13. The van der Waals surface area contributed by atoms with Crippen LogP contribution >= 0.6 is 0 Å². The molecule has 0 aliphatic carbocycles. The van der Waals surface area contributed by atoms with Gasteiger partial charge in [0.25, 0.3) is 0 Å². The maximum atomic E-state index is 5.55. The lowest BCUT2D eigenvalue weighted by molar-refractivity contribution is 0.0196. The van der Waals surface area contributed by atoms with Crippen LogP contribution in [0.3, 0.4) is 0 Å². The summed E-state index contributed by atoms with van der Waals surface area (Å²) in [7, 11) is 1.66. The van der Waals surface area contributed by atoms with Crippen molar-refractivity contribution in [2.45, 2.75) is 33.0 Å². The molecule has 0 saturated heterocycles. The summed E-state index contributed by atoms with van der Waals surface area (Å²) in [6, 6.07) is 2.39. The van der Waals surface area contributed by atoms with Crippen LogP contribution in [0.5, 0.6) is 0 Å². The molecular formula is C14H25NO4. The summed E-state index contributed by atoms with van der Waals surface area (Å²) < 4.78 is 21.2. The van der Waals surface area contributed by atoms with Crippen molar-refractivity contribution in [3.8, 4) is 0 Å². The molecule has 0 aromatic carbocycles. The van der Waals surface area contributed by atoms with Crippen LogP contribution in [0.4, 0.5) is 0 Å². The Morgan fingerprint density at radius 3 is 2.63 bits per heavy atom. The van der Waals surface area contributed by atoms with Crippen molar-refractivity contribution in [1.29, 1.82) is 0 Å². The van der Waals surface area contributed by atoms with Crippen LogP contribution in [0.1, 0.15) is 25.2 Å². The number of methoxy groups -OCH3 is 1. The van der Waals surface area contributed by atoms with E-state index < -0.39 is 0 Å². The van der Waals surface area contributed by atoms with Gasteiger partial charge in [0.05, 0.1) is 45.8 Å². The summed E-state index contributed by atoms with van der Waals surface area (Å²) >= 11 is 0. The molecule has 1 rings (SSSR count). The van der Waals surface area contributed by atoms with Crippen LogP contribution in [0.15, 0.2) is 16.7 Å². The molecule has 19 heavy (non-hydrogen) atoms. The quantitative estimate of drug-likeness (QED) is 0.623. The molecule has 0 saturated carbocycles. The van der Waals surface area contributed by atoms with Crippen molar-refractivity contribution in [3.05, 3.63) is 23.7 Å². The molecule has 1 N–H and O–H groups in total. The summed E-state index contributed by atoms with van der Waals surface area (Å²) in [6.45, 7) is 7.88. The normalized spacial score (nSPS) is 11.4. The van der Waals surface area contributed by atoms with E-state index in [1.165, 1.54) is 0 Å². The van der Waals surface area contributed by atoms with Gasteiger partial charge in [-0.25, -0.2) is 0 Å². The van der Waals surface area contributed by atoms with Gasteiger partial charge in [-0.2, -0.15) is 0 Å². The third kappa shape index (κ3) is 7.32. The molecule has 0 radical (unpaired) electrons. The maximum Gasteiger partial charge on any atom is 0.123 e. The van der Waals surface area contributed by atoms with E-state index in [2.05, 4.69) is 19.2 Å². The molecule has 0 bridgehead atoms. The van der Waals surface area contributed by atoms with Gasteiger partial charge < -0.3 is 23.9 Å². The second-order valence-electron chi connectivity index (χ2n) is 4.56. The van der Waals surface area contributed by atoms with E-state index in [0.29, 0.717) is 39.1 Å². The molecule has 0 fully saturated rings. The summed E-state index contributed by atoms with van der Waals surface area (Å²) in [5.74, 6) is 0.939. The summed E-state index contributed by atoms with van der Waals surface area (Å²) in [4.78, 5) is 0. The van der Waals surface area contributed by atoms with Crippen molar-refractivity contribution in [2.75, 3.05) is 33.5 Å². The van der Waals surface area contributed by atoms with Crippen LogP contribution in [-0.4, -0.2) is 39.6 Å². The molecule has 0 aliphatic rings. The number of furan rings is 1. The third-order valence-corrected chi connectivity index (χ3v) is 2.57. The molecule has 5 heteroatoms. The Morgan fingerprint density at radius 2 is 1.89 bits per heavy atom. The number of nitrogens with one attached hydrogen (secondary N) is 1. The minimum absolute atomic E-state index is 0.438. The molecule has 0 atom stereocenters. The van der Waals surface area contributed by atoms with Gasteiger partial charge in [0.15, 0.2) is 0 Å². The fourth-order valence-corrected chi connectivity index (χ4v) is 1.49. The zero-order valence-corrected chi connectivity index (χ0v) is 12.1. The first-order valence-electron chi connectivity index (χ1n) is 6.67. The molecule has 110 valence electrons. The highest BCUT2D eigenvalue weighted by molar-refractivity contribution is 5.15. The van der Waals surface area contributed by atoms with Crippen molar-refractivity contribution in [3.63, 3.8) is 0 Å². The molecule has 0 unspecified atom stereocenters. The number of hydrogen-bond donors (Lipinski definition) is 1. The maximum absolute atomic E-state index is 5.55. The average Bonchev–Trinajstić information content (AvgIpc) is 2.83. The Hall–Kier alpha value is -0.880. The summed E-state index contributed by atoms with van der Waals surface area (Å²) in [5.41, 5.74) is 1.09. The van der Waals surface area contributed by atoms with Crippen LogP contribution in [0.2, 0.25) is 0 Å². The van der Waals surface area contributed by atoms with Gasteiger partial charge in [0.1, 0.15) is 5.76 Å². The fraction of sp³-hybridized carbons (Fsp3) is 0.714. The smallest absolute Gasteiger partial charge is 0.123 e. The van der Waals surface area contributed by atoms with Crippen molar-refractivity contribution in [2.24, 2.45) is 0 Å². The predicted octanol–water partition coefficient (Wildman–Crippen LogP) is 1.96. The van der Waals surface area contributed by atoms with Crippen molar-refractivity contribution < 1.29 is 18.6 Å². The average molecular weight is 271 g/mol. The molecular weight excluding hydrogens is 246 g/mol. The number of rotatable bonds is 11. The Bertz CT molecular complexity index is 325. The van der Waals surface area contributed by atoms with Gasteiger partial charge in [-0.3, -0.25) is 0 Å². The number of hydrogen-bond acceptors (Lipinski definition) is 5. The van der Waals surface area contributed by atoms with E-state index in [-0.39, 0.29) is 0 Å². The molecule has 0 spiro atoms. The SMILES string of the molecule is COCCOCCOCc1ccoc1CNC(C)C. The van der Waals surface area contributed by atoms with Crippen LogP contribution in [-0.2, 0) is 27.4 Å². The van der Waals surface area contributed by atoms with E-state index in [9.17, 15) is 0 Å². The van der Waals surface area contributed by atoms with Gasteiger partial charge >= 0.3 is 0 Å². The van der Waals surface area contributed by atoms with Crippen LogP contribution in [0, 0.1) is 0 Å². The number of ether oxygens (including phenoxy) is 3. The van der Waals surface area contributed by atoms with Gasteiger partial charge in [-0.1, -0.05) is 13.8 Å². The predicted molar refractivity (Wildman–Crippen MR) is 73.0 cm³/mol. The van der Waals surface area contributed by atoms with E-state index in [4.69, 9.17) is 18.6 Å². The molecule has 1 aromatic heterocycles.